The highest BCUT2D eigenvalue weighted by Crippen LogP contribution is 2.44. The molecule has 0 aliphatic heterocycles. The zero-order valence-corrected chi connectivity index (χ0v) is 26.3. The van der Waals surface area contributed by atoms with E-state index >= 15 is 0 Å². The van der Waals surface area contributed by atoms with Crippen molar-refractivity contribution < 1.29 is 0 Å². The molecule has 2 heterocycles. The Labute approximate surface area is 274 Å². The highest BCUT2D eigenvalue weighted by Gasteiger charge is 2.17. The third-order valence-electron chi connectivity index (χ3n) is 8.93. The van der Waals surface area contributed by atoms with Gasteiger partial charge in [0, 0.05) is 51.5 Å². The lowest BCUT2D eigenvalue weighted by Crippen LogP contribution is -1.92. The van der Waals surface area contributed by atoms with E-state index in [1.165, 1.54) is 51.5 Å². The molecule has 7 aromatic carbocycles. The minimum atomic E-state index is 0.692. The summed E-state index contributed by atoms with van der Waals surface area (Å²) in [6.07, 6.45) is 0. The Balaban J connectivity index is 1.31. The van der Waals surface area contributed by atoms with E-state index in [-0.39, 0.29) is 0 Å². The van der Waals surface area contributed by atoms with Gasteiger partial charge >= 0.3 is 0 Å². The standard InChI is InChI=1S/C43H25NS2/c44-26-39-32(27-10-2-1-3-11-27)14-8-15-33(39)30-22-29(28-20-21-37-35-12-4-6-18-40(35)45-42(37)25-28)23-31(24-30)34-16-9-17-38-36-13-5-7-19-41(36)46-43(34)38/h1-25H. The summed E-state index contributed by atoms with van der Waals surface area (Å²) >= 11 is 3.69. The molecule has 1 nitrogen and oxygen atoms in total. The summed E-state index contributed by atoms with van der Waals surface area (Å²) in [5.41, 5.74) is 9.33. The minimum Gasteiger partial charge on any atom is -0.192 e. The van der Waals surface area contributed by atoms with Gasteiger partial charge in [0.2, 0.25) is 0 Å². The second-order valence-corrected chi connectivity index (χ2v) is 13.7. The van der Waals surface area contributed by atoms with Crippen LogP contribution < -0.4 is 0 Å². The van der Waals surface area contributed by atoms with Gasteiger partial charge in [0.25, 0.3) is 0 Å². The van der Waals surface area contributed by atoms with E-state index in [0.717, 1.165) is 33.4 Å². The van der Waals surface area contributed by atoms with Crippen LogP contribution in [0, 0.1) is 11.3 Å². The first-order chi connectivity index (χ1) is 22.7. The van der Waals surface area contributed by atoms with Gasteiger partial charge in [-0.25, -0.2) is 0 Å². The van der Waals surface area contributed by atoms with E-state index in [1.54, 1.807) is 0 Å². The minimum absolute atomic E-state index is 0.692. The van der Waals surface area contributed by atoms with E-state index < -0.39 is 0 Å². The van der Waals surface area contributed by atoms with Crippen LogP contribution in [0.3, 0.4) is 0 Å². The van der Waals surface area contributed by atoms with Crippen molar-refractivity contribution in [3.63, 3.8) is 0 Å². The molecular formula is C43H25NS2. The fraction of sp³-hybridized carbons (Fsp3) is 0. The van der Waals surface area contributed by atoms with E-state index in [9.17, 15) is 5.26 Å². The Kier molecular flexibility index (Phi) is 6.31. The van der Waals surface area contributed by atoms with Crippen molar-refractivity contribution in [2.24, 2.45) is 0 Å². The molecule has 0 N–H and O–H groups in total. The second kappa shape index (κ2) is 10.8. The van der Waals surface area contributed by atoms with Gasteiger partial charge in [-0.2, -0.15) is 5.26 Å². The molecule has 0 saturated carbocycles. The third kappa shape index (κ3) is 4.35. The maximum atomic E-state index is 10.6. The van der Waals surface area contributed by atoms with E-state index in [2.05, 4.69) is 140 Å². The van der Waals surface area contributed by atoms with Gasteiger partial charge in [-0.15, -0.1) is 22.7 Å². The maximum absolute atomic E-state index is 10.6. The van der Waals surface area contributed by atoms with Crippen LogP contribution in [0.15, 0.2) is 152 Å². The van der Waals surface area contributed by atoms with Gasteiger partial charge in [-0.1, -0.05) is 115 Å². The first-order valence-corrected chi connectivity index (χ1v) is 16.9. The van der Waals surface area contributed by atoms with E-state index in [1.807, 2.05) is 40.9 Å². The first-order valence-electron chi connectivity index (χ1n) is 15.3. The number of hydrogen-bond donors (Lipinski definition) is 0. The number of nitrogens with zero attached hydrogens (tertiary/aromatic N) is 1. The van der Waals surface area contributed by atoms with Crippen molar-refractivity contribution in [2.75, 3.05) is 0 Å². The smallest absolute Gasteiger partial charge is 0.100 e. The largest absolute Gasteiger partial charge is 0.192 e. The molecule has 0 atom stereocenters. The lowest BCUT2D eigenvalue weighted by atomic mass is 9.88. The summed E-state index contributed by atoms with van der Waals surface area (Å²) in [6, 6.07) is 56.6. The molecule has 0 aliphatic carbocycles. The number of hydrogen-bond acceptors (Lipinski definition) is 3. The number of thiophene rings is 2. The molecule has 0 saturated heterocycles. The van der Waals surface area contributed by atoms with Crippen LogP contribution in [0.25, 0.3) is 84.9 Å². The predicted octanol–water partition coefficient (Wildman–Crippen LogP) is 13.0. The highest BCUT2D eigenvalue weighted by atomic mass is 32.1. The lowest BCUT2D eigenvalue weighted by molar-refractivity contribution is 1.47. The fourth-order valence-electron chi connectivity index (χ4n) is 6.76. The van der Waals surface area contributed by atoms with E-state index in [0.29, 0.717) is 5.56 Å². The Morgan fingerprint density at radius 1 is 0.370 bits per heavy atom. The molecule has 0 spiro atoms. The van der Waals surface area contributed by atoms with Crippen LogP contribution in [-0.4, -0.2) is 0 Å². The molecule has 9 aromatic rings. The molecule has 0 aliphatic rings. The predicted molar refractivity (Wildman–Crippen MR) is 199 cm³/mol. The molecule has 0 unspecified atom stereocenters. The molecule has 0 radical (unpaired) electrons. The van der Waals surface area contributed by atoms with Crippen LogP contribution in [0.4, 0.5) is 0 Å². The van der Waals surface area contributed by atoms with Gasteiger partial charge < -0.3 is 0 Å². The fourth-order valence-corrected chi connectivity index (χ4v) is 9.14. The van der Waals surface area contributed by atoms with Gasteiger partial charge in [0.15, 0.2) is 0 Å². The molecular weight excluding hydrogens is 595 g/mol. The topological polar surface area (TPSA) is 23.8 Å². The summed E-state index contributed by atoms with van der Waals surface area (Å²) in [4.78, 5) is 0. The maximum Gasteiger partial charge on any atom is 0.100 e. The Morgan fingerprint density at radius 2 is 0.935 bits per heavy atom. The zero-order valence-electron chi connectivity index (χ0n) is 24.7. The Morgan fingerprint density at radius 3 is 1.72 bits per heavy atom. The highest BCUT2D eigenvalue weighted by molar-refractivity contribution is 7.26. The first kappa shape index (κ1) is 26.8. The van der Waals surface area contributed by atoms with Crippen molar-refractivity contribution in [1.82, 2.24) is 0 Å². The molecule has 0 bridgehead atoms. The van der Waals surface area contributed by atoms with Crippen molar-refractivity contribution >= 4 is 63.0 Å². The number of rotatable bonds is 4. The average molecular weight is 620 g/mol. The molecule has 3 heteroatoms. The Bertz CT molecular complexity index is 2650. The third-order valence-corrected chi connectivity index (χ3v) is 11.3. The van der Waals surface area contributed by atoms with Gasteiger partial charge in [0.05, 0.1) is 5.56 Å². The summed E-state index contributed by atoms with van der Waals surface area (Å²) < 4.78 is 5.15. The van der Waals surface area contributed by atoms with E-state index in [4.69, 9.17) is 0 Å². The summed E-state index contributed by atoms with van der Waals surface area (Å²) in [5, 5.41) is 15.7. The van der Waals surface area contributed by atoms with Crippen LogP contribution in [0.1, 0.15) is 5.56 Å². The van der Waals surface area contributed by atoms with Crippen molar-refractivity contribution in [1.29, 1.82) is 5.26 Å². The molecule has 0 amide bonds. The number of fused-ring (bicyclic) bond motifs is 6. The molecule has 46 heavy (non-hydrogen) atoms. The van der Waals surface area contributed by atoms with Gasteiger partial charge in [0.1, 0.15) is 6.07 Å². The molecule has 2 aromatic heterocycles. The molecule has 214 valence electrons. The molecule has 0 fully saturated rings. The van der Waals surface area contributed by atoms with Crippen LogP contribution >= 0.6 is 22.7 Å². The molecule has 9 rings (SSSR count). The Hall–Kier alpha value is -5.53. The van der Waals surface area contributed by atoms with Crippen LogP contribution in [-0.2, 0) is 0 Å². The van der Waals surface area contributed by atoms with Crippen LogP contribution in [0.2, 0.25) is 0 Å². The van der Waals surface area contributed by atoms with Gasteiger partial charge in [-0.05, 0) is 69.8 Å². The SMILES string of the molecule is N#Cc1c(-c2ccccc2)cccc1-c1cc(-c2ccc3c(c2)sc2ccccc23)cc(-c2cccc3c2sc2ccccc23)c1. The summed E-state index contributed by atoms with van der Waals surface area (Å²) in [7, 11) is 0. The number of nitriles is 1. The van der Waals surface area contributed by atoms with Crippen molar-refractivity contribution in [2.45, 2.75) is 0 Å². The zero-order chi connectivity index (χ0) is 30.6. The van der Waals surface area contributed by atoms with Crippen molar-refractivity contribution in [3.8, 4) is 50.6 Å². The normalized spacial score (nSPS) is 11.5. The van der Waals surface area contributed by atoms with Gasteiger partial charge in [-0.3, -0.25) is 0 Å². The lowest BCUT2D eigenvalue weighted by Gasteiger charge is -2.15. The van der Waals surface area contributed by atoms with Crippen molar-refractivity contribution in [3.05, 3.63) is 157 Å². The summed E-state index contributed by atoms with van der Waals surface area (Å²) in [6.45, 7) is 0. The van der Waals surface area contributed by atoms with Crippen LogP contribution in [0.5, 0.6) is 0 Å². The summed E-state index contributed by atoms with van der Waals surface area (Å²) in [5.74, 6) is 0. The second-order valence-electron chi connectivity index (χ2n) is 11.6. The average Bonchev–Trinajstić information content (AvgIpc) is 3.69. The number of benzene rings is 7. The quantitative estimate of drug-likeness (QED) is 0.192. The monoisotopic (exact) mass is 619 g/mol.